The van der Waals surface area contributed by atoms with E-state index in [1.54, 1.807) is 11.8 Å². The molecule has 0 amide bonds. The Morgan fingerprint density at radius 1 is 1.11 bits per heavy atom. The van der Waals surface area contributed by atoms with Gasteiger partial charge in [-0.3, -0.25) is 4.79 Å². The average Bonchev–Trinajstić information content (AvgIpc) is 2.99. The van der Waals surface area contributed by atoms with Crippen molar-refractivity contribution < 1.29 is 4.79 Å². The van der Waals surface area contributed by atoms with Gasteiger partial charge in [0, 0.05) is 17.4 Å². The van der Waals surface area contributed by atoms with Crippen LogP contribution in [0.2, 0.25) is 0 Å². The van der Waals surface area contributed by atoms with Gasteiger partial charge in [0.25, 0.3) is 0 Å². The normalized spacial score (nSPS) is 17.9. The molecule has 144 valence electrons. The van der Waals surface area contributed by atoms with E-state index < -0.39 is 0 Å². The lowest BCUT2D eigenvalue weighted by molar-refractivity contribution is 0.0953. The van der Waals surface area contributed by atoms with E-state index in [9.17, 15) is 4.79 Å². The van der Waals surface area contributed by atoms with Crippen LogP contribution >= 0.6 is 24.2 Å². The smallest absolute Gasteiger partial charge is 0.182 e. The first-order chi connectivity index (χ1) is 12.5. The maximum absolute atomic E-state index is 12.8. The van der Waals surface area contributed by atoms with Crippen molar-refractivity contribution in [3.05, 3.63) is 64.7 Å². The summed E-state index contributed by atoms with van der Waals surface area (Å²) in [6.45, 7) is 8.78. The second-order valence-electron chi connectivity index (χ2n) is 6.97. The van der Waals surface area contributed by atoms with E-state index in [-0.39, 0.29) is 18.2 Å². The van der Waals surface area contributed by atoms with Crippen LogP contribution in [0.1, 0.15) is 40.4 Å². The van der Waals surface area contributed by atoms with Gasteiger partial charge in [0.05, 0.1) is 12.2 Å². The van der Waals surface area contributed by atoms with Gasteiger partial charge >= 0.3 is 0 Å². The van der Waals surface area contributed by atoms with E-state index >= 15 is 0 Å². The number of benzene rings is 2. The topological polar surface area (TPSA) is 32.7 Å². The highest BCUT2D eigenvalue weighted by Gasteiger charge is 2.30. The van der Waals surface area contributed by atoms with Crippen LogP contribution in [0.15, 0.2) is 47.5 Å². The molecule has 1 aliphatic rings. The largest absolute Gasteiger partial charge is 0.340 e. The fourth-order valence-corrected chi connectivity index (χ4v) is 4.45. The van der Waals surface area contributed by atoms with E-state index in [2.05, 4.69) is 43.9 Å². The Morgan fingerprint density at radius 3 is 2.41 bits per heavy atom. The third kappa shape index (κ3) is 5.14. The molecule has 1 fully saturated rings. The fourth-order valence-electron chi connectivity index (χ4n) is 3.15. The molecule has 0 radical (unpaired) electrons. The third-order valence-corrected chi connectivity index (χ3v) is 5.95. The van der Waals surface area contributed by atoms with Gasteiger partial charge in [0.1, 0.15) is 0 Å². The molecular formula is C22H27ClN2OS. The molecule has 1 atom stereocenters. The Morgan fingerprint density at radius 2 is 1.78 bits per heavy atom. The number of amidine groups is 1. The highest BCUT2D eigenvalue weighted by molar-refractivity contribution is 8.14. The zero-order valence-electron chi connectivity index (χ0n) is 16.4. The summed E-state index contributed by atoms with van der Waals surface area (Å²) in [5.74, 6) is 1.14. The second kappa shape index (κ2) is 9.43. The molecule has 0 N–H and O–H groups in total. The summed E-state index contributed by atoms with van der Waals surface area (Å²) in [5.41, 5.74) is 5.34. The van der Waals surface area contributed by atoms with Crippen molar-refractivity contribution in [1.82, 2.24) is 4.90 Å². The summed E-state index contributed by atoms with van der Waals surface area (Å²) in [5, 5.41) is 0.962. The maximum atomic E-state index is 12.8. The lowest BCUT2D eigenvalue weighted by Crippen LogP contribution is -2.37. The van der Waals surface area contributed by atoms with E-state index in [1.165, 1.54) is 16.7 Å². The molecule has 0 saturated carbocycles. The number of aryl methyl sites for hydroxylation is 3. The summed E-state index contributed by atoms with van der Waals surface area (Å²) in [6.07, 6.45) is 1.01. The van der Waals surface area contributed by atoms with Gasteiger partial charge in [-0.2, -0.15) is 0 Å². The minimum Gasteiger partial charge on any atom is -0.340 e. The molecule has 1 aliphatic heterocycles. The van der Waals surface area contributed by atoms with Crippen molar-refractivity contribution in [1.29, 1.82) is 0 Å². The molecule has 1 unspecified atom stereocenters. The fraction of sp³-hybridized carbons (Fsp3) is 0.364. The van der Waals surface area contributed by atoms with Crippen molar-refractivity contribution in [2.75, 3.05) is 12.3 Å². The van der Waals surface area contributed by atoms with Crippen LogP contribution in [0.3, 0.4) is 0 Å². The minimum atomic E-state index is 0. The monoisotopic (exact) mass is 402 g/mol. The number of hydrogen-bond donors (Lipinski definition) is 0. The van der Waals surface area contributed by atoms with E-state index in [0.717, 1.165) is 28.6 Å². The predicted octanol–water partition coefficient (Wildman–Crippen LogP) is 5.73. The van der Waals surface area contributed by atoms with Gasteiger partial charge in [0.2, 0.25) is 0 Å². The number of nitrogens with zero attached hydrogens (tertiary/aromatic N) is 2. The lowest BCUT2D eigenvalue weighted by Gasteiger charge is -2.24. The number of carbonyl (C=O) groups is 1. The van der Waals surface area contributed by atoms with Gasteiger partial charge in [-0.25, -0.2) is 4.99 Å². The number of Topliss-reactive ketones (excluding diaryl/α,β-unsaturated/α-hetero) is 1. The molecule has 3 rings (SSSR count). The van der Waals surface area contributed by atoms with E-state index in [0.29, 0.717) is 12.6 Å². The summed E-state index contributed by atoms with van der Waals surface area (Å²) in [7, 11) is 0. The number of hydrogen-bond acceptors (Lipinski definition) is 3. The minimum absolute atomic E-state index is 0. The van der Waals surface area contributed by atoms with Gasteiger partial charge in [-0.15, -0.1) is 12.4 Å². The Bertz CT molecular complexity index is 833. The molecule has 0 aromatic heterocycles. The standard InChI is InChI=1S/C22H26N2OS.ClH/c1-5-19-14-26-22(23-20-11-8-16(3)12-17(20)4)24(19)13-21(25)18-9-6-15(2)7-10-18;/h6-12,19H,5,13-14H2,1-4H3;1H. The molecule has 3 nitrogen and oxygen atoms in total. The first-order valence-electron chi connectivity index (χ1n) is 9.13. The maximum Gasteiger partial charge on any atom is 0.182 e. The molecule has 0 bridgehead atoms. The van der Waals surface area contributed by atoms with E-state index in [4.69, 9.17) is 4.99 Å². The molecule has 2 aromatic carbocycles. The van der Waals surface area contributed by atoms with Gasteiger partial charge in [-0.1, -0.05) is 66.2 Å². The summed E-state index contributed by atoms with van der Waals surface area (Å²) < 4.78 is 0. The number of aliphatic imine (C=N–C) groups is 1. The Kier molecular flexibility index (Phi) is 7.51. The Balaban J connectivity index is 0.00000261. The summed E-state index contributed by atoms with van der Waals surface area (Å²) >= 11 is 1.75. The first kappa shape index (κ1) is 21.5. The van der Waals surface area contributed by atoms with Crippen LogP contribution in [0.5, 0.6) is 0 Å². The number of ketones is 1. The van der Waals surface area contributed by atoms with Crippen LogP contribution < -0.4 is 0 Å². The Hall–Kier alpha value is -1.78. The average molecular weight is 403 g/mol. The van der Waals surface area contributed by atoms with Crippen LogP contribution in [0.25, 0.3) is 0 Å². The van der Waals surface area contributed by atoms with Crippen LogP contribution in [0.4, 0.5) is 5.69 Å². The number of rotatable bonds is 5. The predicted molar refractivity (Wildman–Crippen MR) is 119 cm³/mol. The highest BCUT2D eigenvalue weighted by Crippen LogP contribution is 2.30. The van der Waals surface area contributed by atoms with Crippen LogP contribution in [-0.4, -0.2) is 34.2 Å². The number of halogens is 1. The van der Waals surface area contributed by atoms with Gasteiger partial charge in [-0.05, 0) is 38.8 Å². The summed E-state index contributed by atoms with van der Waals surface area (Å²) in [4.78, 5) is 19.9. The highest BCUT2D eigenvalue weighted by atomic mass is 35.5. The molecule has 5 heteroatoms. The zero-order valence-corrected chi connectivity index (χ0v) is 18.0. The second-order valence-corrected chi connectivity index (χ2v) is 7.96. The quantitative estimate of drug-likeness (QED) is 0.598. The molecule has 0 spiro atoms. The van der Waals surface area contributed by atoms with Gasteiger partial charge < -0.3 is 4.90 Å². The van der Waals surface area contributed by atoms with Crippen molar-refractivity contribution in [3.8, 4) is 0 Å². The molecule has 0 aliphatic carbocycles. The third-order valence-electron chi connectivity index (χ3n) is 4.82. The molecule has 1 heterocycles. The van der Waals surface area contributed by atoms with Gasteiger partial charge in [0.15, 0.2) is 11.0 Å². The SMILES string of the molecule is CCC1CSC(=Nc2ccc(C)cc2C)N1CC(=O)c1ccc(C)cc1.Cl. The van der Waals surface area contributed by atoms with Crippen molar-refractivity contribution >= 4 is 40.8 Å². The number of thioether (sulfide) groups is 1. The molecule has 27 heavy (non-hydrogen) atoms. The molecule has 1 saturated heterocycles. The zero-order chi connectivity index (χ0) is 18.7. The Labute approximate surface area is 172 Å². The lowest BCUT2D eigenvalue weighted by atomic mass is 10.1. The summed E-state index contributed by atoms with van der Waals surface area (Å²) in [6, 6.07) is 14.5. The molecule has 2 aromatic rings. The van der Waals surface area contributed by atoms with Crippen LogP contribution in [0, 0.1) is 20.8 Å². The van der Waals surface area contributed by atoms with E-state index in [1.807, 2.05) is 31.2 Å². The van der Waals surface area contributed by atoms with Crippen LogP contribution in [-0.2, 0) is 0 Å². The van der Waals surface area contributed by atoms with Crippen molar-refractivity contribution in [2.45, 2.75) is 40.2 Å². The first-order valence-corrected chi connectivity index (χ1v) is 10.1. The number of carbonyl (C=O) groups excluding carboxylic acids is 1. The van der Waals surface area contributed by atoms with Crippen molar-refractivity contribution in [2.24, 2.45) is 4.99 Å². The van der Waals surface area contributed by atoms with Crippen molar-refractivity contribution in [3.63, 3.8) is 0 Å². The molecular weight excluding hydrogens is 376 g/mol.